The second-order valence-electron chi connectivity index (χ2n) is 7.36. The zero-order chi connectivity index (χ0) is 17.8. The van der Waals surface area contributed by atoms with Crippen LogP contribution in [-0.2, 0) is 4.79 Å². The van der Waals surface area contributed by atoms with Crippen LogP contribution in [0.25, 0.3) is 0 Å². The lowest BCUT2D eigenvalue weighted by atomic mass is 9.99. The SMILES string of the molecule is Cc1ccc(C)c(NC(=O)N2CCCC[C@H]2CCN2CCCC2=O)c1. The Labute approximate surface area is 150 Å². The summed E-state index contributed by atoms with van der Waals surface area (Å²) < 4.78 is 0. The number of urea groups is 1. The third-order valence-electron chi connectivity index (χ3n) is 5.43. The molecule has 0 bridgehead atoms. The van der Waals surface area contributed by atoms with Crippen molar-refractivity contribution in [3.63, 3.8) is 0 Å². The van der Waals surface area contributed by atoms with Crippen LogP contribution in [0.2, 0.25) is 0 Å². The van der Waals surface area contributed by atoms with Crippen molar-refractivity contribution in [1.82, 2.24) is 9.80 Å². The Morgan fingerprint density at radius 3 is 2.80 bits per heavy atom. The molecule has 0 aliphatic carbocycles. The van der Waals surface area contributed by atoms with Crippen molar-refractivity contribution >= 4 is 17.6 Å². The minimum absolute atomic E-state index is 0.00820. The van der Waals surface area contributed by atoms with Gasteiger partial charge in [-0.1, -0.05) is 12.1 Å². The van der Waals surface area contributed by atoms with E-state index < -0.39 is 0 Å². The minimum atomic E-state index is -0.00820. The number of carbonyl (C=O) groups is 2. The van der Waals surface area contributed by atoms with Gasteiger partial charge in [-0.2, -0.15) is 0 Å². The zero-order valence-corrected chi connectivity index (χ0v) is 15.4. The largest absolute Gasteiger partial charge is 0.343 e. The lowest BCUT2D eigenvalue weighted by Gasteiger charge is -2.36. The molecule has 5 heteroatoms. The molecule has 25 heavy (non-hydrogen) atoms. The van der Waals surface area contributed by atoms with E-state index in [1.165, 1.54) is 0 Å². The highest BCUT2D eigenvalue weighted by atomic mass is 16.2. The lowest BCUT2D eigenvalue weighted by Crippen LogP contribution is -2.47. The number of hydrogen-bond donors (Lipinski definition) is 1. The first-order valence-electron chi connectivity index (χ1n) is 9.47. The van der Waals surface area contributed by atoms with Crippen molar-refractivity contribution in [2.45, 2.75) is 58.4 Å². The molecule has 2 aliphatic rings. The first-order valence-corrected chi connectivity index (χ1v) is 9.47. The quantitative estimate of drug-likeness (QED) is 0.906. The fourth-order valence-corrected chi connectivity index (χ4v) is 3.87. The highest BCUT2D eigenvalue weighted by Gasteiger charge is 2.28. The molecule has 2 saturated heterocycles. The van der Waals surface area contributed by atoms with Crippen LogP contribution >= 0.6 is 0 Å². The van der Waals surface area contributed by atoms with Gasteiger partial charge in [-0.15, -0.1) is 0 Å². The summed E-state index contributed by atoms with van der Waals surface area (Å²) in [7, 11) is 0. The van der Waals surface area contributed by atoms with E-state index in [4.69, 9.17) is 0 Å². The molecule has 0 radical (unpaired) electrons. The predicted octanol–water partition coefficient (Wildman–Crippen LogP) is 3.70. The Morgan fingerprint density at radius 1 is 1.20 bits per heavy atom. The predicted molar refractivity (Wildman–Crippen MR) is 99.7 cm³/mol. The maximum atomic E-state index is 12.8. The summed E-state index contributed by atoms with van der Waals surface area (Å²) in [6, 6.07) is 6.34. The van der Waals surface area contributed by atoms with Crippen LogP contribution < -0.4 is 5.32 Å². The monoisotopic (exact) mass is 343 g/mol. The second-order valence-corrected chi connectivity index (χ2v) is 7.36. The highest BCUT2D eigenvalue weighted by molar-refractivity contribution is 5.90. The molecule has 0 spiro atoms. The Balaban J connectivity index is 1.62. The fourth-order valence-electron chi connectivity index (χ4n) is 3.87. The number of piperidine rings is 1. The molecule has 1 N–H and O–H groups in total. The number of anilines is 1. The second kappa shape index (κ2) is 7.89. The molecule has 2 fully saturated rings. The van der Waals surface area contributed by atoms with Crippen LogP contribution in [0.1, 0.15) is 49.7 Å². The van der Waals surface area contributed by atoms with Crippen molar-refractivity contribution in [3.05, 3.63) is 29.3 Å². The van der Waals surface area contributed by atoms with E-state index in [-0.39, 0.29) is 18.0 Å². The molecule has 2 aliphatic heterocycles. The number of nitrogens with zero attached hydrogens (tertiary/aromatic N) is 2. The number of amides is 3. The Morgan fingerprint density at radius 2 is 2.04 bits per heavy atom. The smallest absolute Gasteiger partial charge is 0.322 e. The molecule has 3 rings (SSSR count). The van der Waals surface area contributed by atoms with Crippen LogP contribution in [0, 0.1) is 13.8 Å². The summed E-state index contributed by atoms with van der Waals surface area (Å²) in [4.78, 5) is 28.6. The van der Waals surface area contributed by atoms with Crippen molar-refractivity contribution in [2.24, 2.45) is 0 Å². The van der Waals surface area contributed by atoms with E-state index in [0.29, 0.717) is 6.42 Å². The van der Waals surface area contributed by atoms with Gasteiger partial charge in [-0.25, -0.2) is 4.79 Å². The summed E-state index contributed by atoms with van der Waals surface area (Å²) in [6.07, 6.45) is 5.78. The van der Waals surface area contributed by atoms with Crippen molar-refractivity contribution in [3.8, 4) is 0 Å². The van der Waals surface area contributed by atoms with Gasteiger partial charge in [0.25, 0.3) is 0 Å². The third kappa shape index (κ3) is 4.33. The molecule has 1 aromatic rings. The summed E-state index contributed by atoms with van der Waals surface area (Å²) in [5, 5.41) is 3.09. The molecule has 1 aromatic carbocycles. The number of nitrogens with one attached hydrogen (secondary N) is 1. The van der Waals surface area contributed by atoms with Gasteiger partial charge in [0, 0.05) is 37.8 Å². The Hall–Kier alpha value is -2.04. The molecule has 0 aromatic heterocycles. The molecule has 3 amide bonds. The number of rotatable bonds is 4. The Kier molecular flexibility index (Phi) is 5.61. The standard InChI is InChI=1S/C20H29N3O2/c1-15-8-9-16(2)18(14-15)21-20(25)23-12-4-3-6-17(23)10-13-22-11-5-7-19(22)24/h8-9,14,17H,3-7,10-13H2,1-2H3,(H,21,25)/t17-/m0/s1. The first kappa shape index (κ1) is 17.8. The zero-order valence-electron chi connectivity index (χ0n) is 15.4. The molecule has 0 unspecified atom stereocenters. The van der Waals surface area contributed by atoms with Gasteiger partial charge in [0.15, 0.2) is 0 Å². The van der Waals surface area contributed by atoms with Crippen molar-refractivity contribution in [2.75, 3.05) is 25.0 Å². The minimum Gasteiger partial charge on any atom is -0.343 e. The van der Waals surface area contributed by atoms with Crippen LogP contribution in [0.15, 0.2) is 18.2 Å². The number of aryl methyl sites for hydroxylation is 2. The molecular formula is C20H29N3O2. The topological polar surface area (TPSA) is 52.7 Å². The van der Waals surface area contributed by atoms with E-state index >= 15 is 0 Å². The fraction of sp³-hybridized carbons (Fsp3) is 0.600. The van der Waals surface area contributed by atoms with Crippen molar-refractivity contribution < 1.29 is 9.59 Å². The van der Waals surface area contributed by atoms with Gasteiger partial charge in [-0.3, -0.25) is 4.79 Å². The average Bonchev–Trinajstić information content (AvgIpc) is 3.01. The molecule has 5 nitrogen and oxygen atoms in total. The summed E-state index contributed by atoms with van der Waals surface area (Å²) >= 11 is 0. The van der Waals surface area contributed by atoms with E-state index in [0.717, 1.165) is 68.6 Å². The van der Waals surface area contributed by atoms with Gasteiger partial charge in [0.2, 0.25) is 5.91 Å². The van der Waals surface area contributed by atoms with Gasteiger partial charge in [-0.05, 0) is 63.1 Å². The molecular weight excluding hydrogens is 314 g/mol. The van der Waals surface area contributed by atoms with Gasteiger partial charge >= 0.3 is 6.03 Å². The number of benzene rings is 1. The van der Waals surface area contributed by atoms with Gasteiger partial charge < -0.3 is 15.1 Å². The number of hydrogen-bond acceptors (Lipinski definition) is 2. The normalized spacial score (nSPS) is 20.9. The van der Waals surface area contributed by atoms with Gasteiger partial charge in [0.05, 0.1) is 0 Å². The first-order chi connectivity index (χ1) is 12.0. The number of carbonyl (C=O) groups excluding carboxylic acids is 2. The third-order valence-corrected chi connectivity index (χ3v) is 5.43. The van der Waals surface area contributed by atoms with E-state index in [1.54, 1.807) is 0 Å². The Bertz CT molecular complexity index is 644. The van der Waals surface area contributed by atoms with Crippen LogP contribution in [0.4, 0.5) is 10.5 Å². The van der Waals surface area contributed by atoms with Gasteiger partial charge in [0.1, 0.15) is 0 Å². The molecule has 0 saturated carbocycles. The van der Waals surface area contributed by atoms with Crippen molar-refractivity contribution in [1.29, 1.82) is 0 Å². The highest BCUT2D eigenvalue weighted by Crippen LogP contribution is 2.23. The average molecular weight is 343 g/mol. The lowest BCUT2D eigenvalue weighted by molar-refractivity contribution is -0.127. The maximum absolute atomic E-state index is 12.8. The molecule has 136 valence electrons. The van der Waals surface area contributed by atoms with Crippen LogP contribution in [-0.4, -0.2) is 47.4 Å². The maximum Gasteiger partial charge on any atom is 0.322 e. The summed E-state index contributed by atoms with van der Waals surface area (Å²) in [6.45, 7) is 6.50. The summed E-state index contributed by atoms with van der Waals surface area (Å²) in [5.41, 5.74) is 3.11. The molecule has 2 heterocycles. The summed E-state index contributed by atoms with van der Waals surface area (Å²) in [5.74, 6) is 0.266. The van der Waals surface area contributed by atoms with Crippen LogP contribution in [0.5, 0.6) is 0 Å². The van der Waals surface area contributed by atoms with E-state index in [9.17, 15) is 9.59 Å². The van der Waals surface area contributed by atoms with Crippen LogP contribution in [0.3, 0.4) is 0 Å². The molecule has 1 atom stereocenters. The van der Waals surface area contributed by atoms with E-state index in [1.807, 2.05) is 35.8 Å². The van der Waals surface area contributed by atoms with E-state index in [2.05, 4.69) is 11.4 Å². The number of likely N-dealkylation sites (tertiary alicyclic amines) is 2.